The van der Waals surface area contributed by atoms with E-state index in [0.29, 0.717) is 18.3 Å². The van der Waals surface area contributed by atoms with Crippen LogP contribution in [0.2, 0.25) is 0 Å². The number of hydrogen-bond donors (Lipinski definition) is 1. The van der Waals surface area contributed by atoms with Gasteiger partial charge in [0, 0.05) is 10.8 Å². The Morgan fingerprint density at radius 1 is 0.966 bits per heavy atom. The summed E-state index contributed by atoms with van der Waals surface area (Å²) in [5.41, 5.74) is 0.570. The zero-order chi connectivity index (χ0) is 19.6. The lowest BCUT2D eigenvalue weighted by molar-refractivity contribution is -0.197. The van der Waals surface area contributed by atoms with E-state index in [2.05, 4.69) is 12.1 Å². The van der Waals surface area contributed by atoms with Crippen molar-refractivity contribution >= 4 is 27.6 Å². The van der Waals surface area contributed by atoms with Crippen LogP contribution in [0.15, 0.2) is 48.5 Å². The van der Waals surface area contributed by atoms with Crippen molar-refractivity contribution in [3.05, 3.63) is 54.2 Å². The van der Waals surface area contributed by atoms with Crippen molar-refractivity contribution in [1.29, 1.82) is 0 Å². The molecule has 1 aromatic heterocycles. The second-order valence-electron chi connectivity index (χ2n) is 9.66. The van der Waals surface area contributed by atoms with Crippen LogP contribution in [0, 0.1) is 17.3 Å². The Hall–Kier alpha value is -2.46. The minimum Gasteiger partial charge on any atom is -0.459 e. The summed E-state index contributed by atoms with van der Waals surface area (Å²) < 4.78 is 5.90. The molecule has 0 radical (unpaired) electrons. The summed E-state index contributed by atoms with van der Waals surface area (Å²) in [6, 6.07) is 16.3. The first kappa shape index (κ1) is 17.4. The molecule has 4 aliphatic rings. The minimum atomic E-state index is -0.656. The Kier molecular flexibility index (Phi) is 3.61. The number of benzene rings is 2. The first-order valence-electron chi connectivity index (χ1n) is 10.7. The van der Waals surface area contributed by atoms with Gasteiger partial charge in [0.15, 0.2) is 0 Å². The van der Waals surface area contributed by atoms with Gasteiger partial charge in [0.05, 0.1) is 22.2 Å². The molecule has 0 amide bonds. The van der Waals surface area contributed by atoms with Crippen molar-refractivity contribution in [2.24, 2.45) is 17.3 Å². The minimum absolute atomic E-state index is 0.135. The molecule has 29 heavy (non-hydrogen) atoms. The average Bonchev–Trinajstić information content (AvgIpc) is 2.70. The van der Waals surface area contributed by atoms with Crippen LogP contribution in [-0.4, -0.2) is 21.7 Å². The smallest absolute Gasteiger partial charge is 0.312 e. The number of pyridine rings is 1. The molecule has 4 aliphatic carbocycles. The van der Waals surface area contributed by atoms with Gasteiger partial charge in [-0.2, -0.15) is 0 Å². The Labute approximate surface area is 169 Å². The number of esters is 1. The van der Waals surface area contributed by atoms with Crippen LogP contribution in [-0.2, 0) is 16.1 Å². The molecular weight excluding hydrogens is 362 g/mol. The van der Waals surface area contributed by atoms with Gasteiger partial charge in [0.2, 0.25) is 0 Å². The SMILES string of the molecule is O=C(OCc1nc2ccccc2c2ccccc12)C12C[C@H]3C[C@@H](CC(O)(C3)C1)C2. The lowest BCUT2D eigenvalue weighted by Gasteiger charge is -2.58. The van der Waals surface area contributed by atoms with Crippen molar-refractivity contribution < 1.29 is 14.6 Å². The number of hydrogen-bond acceptors (Lipinski definition) is 4. The molecule has 0 unspecified atom stereocenters. The molecule has 0 saturated heterocycles. The fraction of sp³-hybridized carbons (Fsp3) is 0.440. The Balaban J connectivity index is 1.32. The normalized spacial score (nSPS) is 32.7. The van der Waals surface area contributed by atoms with Crippen molar-refractivity contribution in [1.82, 2.24) is 4.98 Å². The molecule has 4 bridgehead atoms. The molecule has 148 valence electrons. The van der Waals surface area contributed by atoms with E-state index in [0.717, 1.165) is 59.5 Å². The number of aliphatic hydroxyl groups is 1. The van der Waals surface area contributed by atoms with Gasteiger partial charge >= 0.3 is 5.97 Å². The molecule has 4 fully saturated rings. The van der Waals surface area contributed by atoms with Crippen LogP contribution in [0.5, 0.6) is 0 Å². The molecule has 0 spiro atoms. The van der Waals surface area contributed by atoms with E-state index in [1.165, 1.54) is 0 Å². The maximum absolute atomic E-state index is 13.3. The second-order valence-corrected chi connectivity index (χ2v) is 9.66. The number of carbonyl (C=O) groups is 1. The summed E-state index contributed by atoms with van der Waals surface area (Å²) in [7, 11) is 0. The summed E-state index contributed by atoms with van der Waals surface area (Å²) in [6.45, 7) is 0.180. The summed E-state index contributed by atoms with van der Waals surface area (Å²) in [4.78, 5) is 18.1. The van der Waals surface area contributed by atoms with Crippen LogP contribution in [0.25, 0.3) is 21.7 Å². The third kappa shape index (κ3) is 2.69. The molecular formula is C25H25NO3. The quantitative estimate of drug-likeness (QED) is 0.520. The van der Waals surface area contributed by atoms with Crippen LogP contribution in [0.1, 0.15) is 44.2 Å². The van der Waals surface area contributed by atoms with E-state index >= 15 is 0 Å². The average molecular weight is 387 g/mol. The van der Waals surface area contributed by atoms with E-state index in [-0.39, 0.29) is 12.6 Å². The van der Waals surface area contributed by atoms with Crippen LogP contribution in [0.4, 0.5) is 0 Å². The van der Waals surface area contributed by atoms with Crippen LogP contribution >= 0.6 is 0 Å². The number of carbonyl (C=O) groups excluding carboxylic acids is 1. The monoisotopic (exact) mass is 387 g/mol. The van der Waals surface area contributed by atoms with Crippen molar-refractivity contribution in [3.63, 3.8) is 0 Å². The predicted octanol–water partition coefficient (Wildman–Crippen LogP) is 4.76. The highest BCUT2D eigenvalue weighted by Crippen LogP contribution is 2.62. The van der Waals surface area contributed by atoms with Crippen molar-refractivity contribution in [2.45, 2.75) is 50.7 Å². The molecule has 3 aromatic rings. The van der Waals surface area contributed by atoms with E-state index in [1.807, 2.05) is 36.4 Å². The summed E-state index contributed by atoms with van der Waals surface area (Å²) in [5, 5.41) is 14.2. The lowest BCUT2D eigenvalue weighted by Crippen LogP contribution is -2.58. The summed E-state index contributed by atoms with van der Waals surface area (Å²) >= 11 is 0. The lowest BCUT2D eigenvalue weighted by atomic mass is 9.48. The summed E-state index contributed by atoms with van der Waals surface area (Å²) in [5.74, 6) is 0.797. The molecule has 1 N–H and O–H groups in total. The standard InChI is InChI=1S/C25H25NO3/c27-23(24-10-16-9-17(11-24)13-25(28,12-16)15-24)29-14-22-20-7-2-1-5-18(20)19-6-3-4-8-21(19)26-22/h1-8,16-17,28H,9-15H2/t16-,17-,24?,25?/m1/s1. The molecule has 4 saturated carbocycles. The van der Waals surface area contributed by atoms with E-state index in [1.54, 1.807) is 0 Å². The third-order valence-electron chi connectivity index (χ3n) is 7.49. The van der Waals surface area contributed by atoms with Gasteiger partial charge in [0.25, 0.3) is 0 Å². The maximum Gasteiger partial charge on any atom is 0.312 e. The van der Waals surface area contributed by atoms with Gasteiger partial charge in [-0.15, -0.1) is 0 Å². The molecule has 2 aromatic carbocycles. The first-order chi connectivity index (χ1) is 14.0. The van der Waals surface area contributed by atoms with E-state index in [4.69, 9.17) is 9.72 Å². The number of aromatic nitrogens is 1. The largest absolute Gasteiger partial charge is 0.459 e. The second kappa shape index (κ2) is 6.02. The molecule has 7 rings (SSSR count). The molecule has 1 heterocycles. The van der Waals surface area contributed by atoms with Crippen molar-refractivity contribution in [2.75, 3.05) is 0 Å². The summed E-state index contributed by atoms with van der Waals surface area (Å²) in [6.07, 6.45) is 5.18. The highest BCUT2D eigenvalue weighted by molar-refractivity contribution is 6.06. The van der Waals surface area contributed by atoms with Gasteiger partial charge in [0.1, 0.15) is 6.61 Å². The Morgan fingerprint density at radius 2 is 1.62 bits per heavy atom. The highest BCUT2D eigenvalue weighted by atomic mass is 16.5. The number of nitrogens with zero attached hydrogens (tertiary/aromatic N) is 1. The molecule has 2 atom stereocenters. The Morgan fingerprint density at radius 3 is 2.34 bits per heavy atom. The number of fused-ring (bicyclic) bond motifs is 3. The van der Waals surface area contributed by atoms with Crippen molar-refractivity contribution in [3.8, 4) is 0 Å². The fourth-order valence-corrected chi connectivity index (χ4v) is 6.82. The van der Waals surface area contributed by atoms with Crippen LogP contribution in [0.3, 0.4) is 0 Å². The molecule has 0 aliphatic heterocycles. The number of ether oxygens (including phenoxy) is 1. The van der Waals surface area contributed by atoms with Crippen LogP contribution < -0.4 is 0 Å². The third-order valence-corrected chi connectivity index (χ3v) is 7.49. The maximum atomic E-state index is 13.3. The van der Waals surface area contributed by atoms with Gasteiger partial charge in [-0.25, -0.2) is 4.98 Å². The zero-order valence-electron chi connectivity index (χ0n) is 16.4. The van der Waals surface area contributed by atoms with Gasteiger partial charge in [-0.05, 0) is 61.8 Å². The van der Waals surface area contributed by atoms with Gasteiger partial charge in [-0.1, -0.05) is 42.5 Å². The zero-order valence-corrected chi connectivity index (χ0v) is 16.4. The first-order valence-corrected chi connectivity index (χ1v) is 10.7. The number of para-hydroxylation sites is 1. The van der Waals surface area contributed by atoms with E-state index in [9.17, 15) is 9.90 Å². The molecule has 4 nitrogen and oxygen atoms in total. The number of rotatable bonds is 3. The highest BCUT2D eigenvalue weighted by Gasteiger charge is 2.60. The fourth-order valence-electron chi connectivity index (χ4n) is 6.82. The van der Waals surface area contributed by atoms with Gasteiger partial charge < -0.3 is 9.84 Å². The predicted molar refractivity (Wildman–Crippen MR) is 111 cm³/mol. The topological polar surface area (TPSA) is 59.4 Å². The van der Waals surface area contributed by atoms with Gasteiger partial charge in [-0.3, -0.25) is 4.79 Å². The molecule has 4 heteroatoms. The van der Waals surface area contributed by atoms with E-state index < -0.39 is 11.0 Å². The Bertz CT molecular complexity index is 1120.